The summed E-state index contributed by atoms with van der Waals surface area (Å²) in [6.07, 6.45) is 1.36. The summed E-state index contributed by atoms with van der Waals surface area (Å²) < 4.78 is 23.5. The second-order valence-corrected chi connectivity index (χ2v) is 3.73. The van der Waals surface area contributed by atoms with Crippen molar-refractivity contribution in [3.63, 3.8) is 0 Å². The lowest BCUT2D eigenvalue weighted by atomic mass is 9.85. The molecule has 74 valence electrons. The molecule has 1 atom stereocenters. The van der Waals surface area contributed by atoms with Crippen molar-refractivity contribution < 1.29 is 18.3 Å². The molecule has 1 unspecified atom stereocenters. The van der Waals surface area contributed by atoms with Crippen LogP contribution in [0.3, 0.4) is 0 Å². The molecule has 0 saturated carbocycles. The molecule has 0 aliphatic rings. The van der Waals surface area contributed by atoms with Crippen molar-refractivity contribution in [1.29, 1.82) is 0 Å². The lowest BCUT2D eigenvalue weighted by Gasteiger charge is -2.22. The topological polar surface area (TPSA) is 83.8 Å². The van der Waals surface area contributed by atoms with Gasteiger partial charge >= 0.3 is 16.5 Å². The zero-order chi connectivity index (χ0) is 10.6. The van der Waals surface area contributed by atoms with Gasteiger partial charge in [0.25, 0.3) is 0 Å². The van der Waals surface area contributed by atoms with Crippen molar-refractivity contribution in [3.05, 3.63) is 12.7 Å². The average Bonchev–Trinajstić information content (AvgIpc) is 1.99. The maximum atomic E-state index is 10.6. The summed E-state index contributed by atoms with van der Waals surface area (Å²) in [6, 6.07) is -1.32. The smallest absolute Gasteiger partial charge is 0.330 e. The third kappa shape index (κ3) is 3.37. The fourth-order valence-electron chi connectivity index (χ4n) is 0.697. The van der Waals surface area contributed by atoms with Crippen LogP contribution in [0.5, 0.6) is 0 Å². The van der Waals surface area contributed by atoms with E-state index in [-0.39, 0.29) is 0 Å². The number of hydrogen-bond donors (Lipinski definition) is 1. The van der Waals surface area contributed by atoms with E-state index in [1.165, 1.54) is 6.08 Å². The lowest BCUT2D eigenvalue weighted by molar-refractivity contribution is -0.140. The van der Waals surface area contributed by atoms with Crippen LogP contribution in [-0.2, 0) is 15.3 Å². The Hall–Kier alpha value is -1.17. The van der Waals surface area contributed by atoms with Crippen LogP contribution in [0.4, 0.5) is 0 Å². The largest absolute Gasteiger partial charge is 0.480 e. The summed E-state index contributed by atoms with van der Waals surface area (Å²) in [7, 11) is -2.72. The number of carboxylic acids is 1. The Bertz CT molecular complexity index is 334. The third-order valence-corrected chi connectivity index (χ3v) is 2.04. The van der Waals surface area contributed by atoms with Crippen LogP contribution >= 0.6 is 0 Å². The Balaban J connectivity index is 5.16. The van der Waals surface area contributed by atoms with Crippen molar-refractivity contribution in [2.24, 2.45) is 9.78 Å². The van der Waals surface area contributed by atoms with Crippen molar-refractivity contribution in [2.75, 3.05) is 0 Å². The summed E-state index contributed by atoms with van der Waals surface area (Å²) in [5.74, 6) is -1.28. The van der Waals surface area contributed by atoms with E-state index >= 15 is 0 Å². The molecule has 0 rings (SSSR count). The zero-order valence-corrected chi connectivity index (χ0v) is 8.21. The van der Waals surface area contributed by atoms with Gasteiger partial charge in [-0.3, -0.25) is 0 Å². The molecule has 0 amide bonds. The highest BCUT2D eigenvalue weighted by Gasteiger charge is 2.33. The normalized spacial score (nSPS) is 13.1. The van der Waals surface area contributed by atoms with Gasteiger partial charge in [0.1, 0.15) is 0 Å². The standard InChI is InChI=1S/C7H11NO4S/c1-4-7(2,3)5(6(9)10)8-13(11)12/h4-5H,1H2,2-3H3,(H,9,10). The van der Waals surface area contributed by atoms with Crippen molar-refractivity contribution in [2.45, 2.75) is 19.9 Å². The molecule has 0 spiro atoms. The van der Waals surface area contributed by atoms with E-state index in [1.54, 1.807) is 13.8 Å². The van der Waals surface area contributed by atoms with Gasteiger partial charge in [-0.25, -0.2) is 4.79 Å². The Labute approximate surface area is 77.8 Å². The fourth-order valence-corrected chi connectivity index (χ4v) is 1.23. The minimum absolute atomic E-state index is 0.883. The van der Waals surface area contributed by atoms with Crippen LogP contribution in [0.2, 0.25) is 0 Å². The quantitative estimate of drug-likeness (QED) is 0.685. The molecule has 0 aromatic heterocycles. The maximum absolute atomic E-state index is 10.6. The molecule has 6 heteroatoms. The second-order valence-electron chi connectivity index (χ2n) is 3.09. The molecule has 0 heterocycles. The highest BCUT2D eigenvalue weighted by Crippen LogP contribution is 2.24. The van der Waals surface area contributed by atoms with E-state index in [2.05, 4.69) is 10.9 Å². The van der Waals surface area contributed by atoms with E-state index < -0.39 is 27.9 Å². The summed E-state index contributed by atoms with van der Waals surface area (Å²) in [6.45, 7) is 6.52. The van der Waals surface area contributed by atoms with E-state index in [0.717, 1.165) is 0 Å². The van der Waals surface area contributed by atoms with Crippen LogP contribution < -0.4 is 0 Å². The summed E-state index contributed by atoms with van der Waals surface area (Å²) >= 11 is 0. The number of carbonyl (C=O) groups is 1. The van der Waals surface area contributed by atoms with Gasteiger partial charge in [-0.05, 0) is 0 Å². The van der Waals surface area contributed by atoms with Gasteiger partial charge in [-0.2, -0.15) is 12.8 Å². The van der Waals surface area contributed by atoms with Crippen molar-refractivity contribution in [3.8, 4) is 0 Å². The minimum Gasteiger partial charge on any atom is -0.480 e. The molecule has 0 saturated heterocycles. The minimum atomic E-state index is -2.72. The van der Waals surface area contributed by atoms with Gasteiger partial charge < -0.3 is 5.11 Å². The highest BCUT2D eigenvalue weighted by molar-refractivity contribution is 7.61. The lowest BCUT2D eigenvalue weighted by Crippen LogP contribution is -2.33. The Morgan fingerprint density at radius 3 is 2.31 bits per heavy atom. The molecular formula is C7H11NO4S. The predicted octanol–water partition coefficient (Wildman–Crippen LogP) is 0.715. The average molecular weight is 205 g/mol. The Kier molecular flexibility index (Phi) is 3.80. The van der Waals surface area contributed by atoms with Crippen LogP contribution in [0.15, 0.2) is 17.0 Å². The number of aliphatic carboxylic acids is 1. The van der Waals surface area contributed by atoms with Crippen LogP contribution in [0.25, 0.3) is 0 Å². The van der Waals surface area contributed by atoms with Gasteiger partial charge in [0.15, 0.2) is 6.04 Å². The van der Waals surface area contributed by atoms with Gasteiger partial charge in [0.05, 0.1) is 0 Å². The molecular weight excluding hydrogens is 194 g/mol. The third-order valence-electron chi connectivity index (χ3n) is 1.66. The van der Waals surface area contributed by atoms with Crippen LogP contribution in [0, 0.1) is 5.41 Å². The SMILES string of the molecule is C=CC(C)(C)C(N=S(=O)=O)C(=O)O. The molecule has 0 aromatic rings. The molecule has 0 aliphatic heterocycles. The molecule has 0 fully saturated rings. The summed E-state index contributed by atoms with van der Waals surface area (Å²) in [4.78, 5) is 10.6. The Morgan fingerprint density at radius 1 is 1.62 bits per heavy atom. The molecule has 13 heavy (non-hydrogen) atoms. The first-order chi connectivity index (χ1) is 5.81. The first-order valence-electron chi connectivity index (χ1n) is 3.48. The maximum Gasteiger partial charge on any atom is 0.330 e. The molecule has 0 bridgehead atoms. The van der Waals surface area contributed by atoms with E-state index in [0.29, 0.717) is 0 Å². The summed E-state index contributed by atoms with van der Waals surface area (Å²) in [5, 5.41) is 8.67. The Morgan fingerprint density at radius 2 is 2.08 bits per heavy atom. The zero-order valence-electron chi connectivity index (χ0n) is 7.39. The van der Waals surface area contributed by atoms with Gasteiger partial charge in [-0.1, -0.05) is 19.9 Å². The van der Waals surface area contributed by atoms with Crippen molar-refractivity contribution in [1.82, 2.24) is 0 Å². The number of rotatable bonds is 4. The number of nitrogens with zero attached hydrogens (tertiary/aromatic N) is 1. The first-order valence-corrected chi connectivity index (χ1v) is 4.51. The van der Waals surface area contributed by atoms with Crippen molar-refractivity contribution >= 4 is 16.5 Å². The fraction of sp³-hybridized carbons (Fsp3) is 0.571. The monoisotopic (exact) mass is 205 g/mol. The molecule has 1 N–H and O–H groups in total. The van der Waals surface area contributed by atoms with Crippen LogP contribution in [-0.4, -0.2) is 25.5 Å². The second kappa shape index (κ2) is 4.18. The molecule has 5 nitrogen and oxygen atoms in total. The van der Waals surface area contributed by atoms with Gasteiger partial charge in [0, 0.05) is 5.41 Å². The first kappa shape index (κ1) is 11.8. The van der Waals surface area contributed by atoms with E-state index in [1.807, 2.05) is 0 Å². The van der Waals surface area contributed by atoms with Gasteiger partial charge in [0.2, 0.25) is 0 Å². The molecule has 0 radical (unpaired) electrons. The number of carboxylic acid groups (broad SMARTS) is 1. The molecule has 0 aliphatic carbocycles. The predicted molar refractivity (Wildman–Crippen MR) is 46.7 cm³/mol. The van der Waals surface area contributed by atoms with E-state index in [4.69, 9.17) is 5.11 Å². The van der Waals surface area contributed by atoms with Gasteiger partial charge in [-0.15, -0.1) is 6.58 Å². The summed E-state index contributed by atoms with van der Waals surface area (Å²) in [5.41, 5.74) is -0.883. The molecule has 0 aromatic carbocycles. The number of hydrogen-bond acceptors (Lipinski definition) is 4. The van der Waals surface area contributed by atoms with Crippen LogP contribution in [0.1, 0.15) is 13.8 Å². The highest BCUT2D eigenvalue weighted by atomic mass is 32.2. The van der Waals surface area contributed by atoms with E-state index in [9.17, 15) is 13.2 Å².